The van der Waals surface area contributed by atoms with Gasteiger partial charge in [-0.3, -0.25) is 0 Å². The van der Waals surface area contributed by atoms with E-state index in [1.54, 1.807) is 12.5 Å². The van der Waals surface area contributed by atoms with Crippen LogP contribution in [0.1, 0.15) is 19.9 Å². The van der Waals surface area contributed by atoms with Gasteiger partial charge >= 0.3 is 0 Å². The summed E-state index contributed by atoms with van der Waals surface area (Å²) in [6, 6.07) is -0.0764. The molecule has 0 spiro atoms. The fourth-order valence-corrected chi connectivity index (χ4v) is 2.75. The highest BCUT2D eigenvalue weighted by Gasteiger charge is 2.50. The summed E-state index contributed by atoms with van der Waals surface area (Å²) in [7, 11) is 0. The molecular weight excluding hydrogens is 234 g/mol. The summed E-state index contributed by atoms with van der Waals surface area (Å²) in [6.45, 7) is 4.64. The number of hydrogen-bond donors (Lipinski definition) is 2. The predicted octanol–water partition coefficient (Wildman–Crippen LogP) is -0.0932. The second kappa shape index (κ2) is 4.62. The minimum atomic E-state index is -0.548. The maximum absolute atomic E-state index is 10.6. The van der Waals surface area contributed by atoms with Crippen molar-refractivity contribution in [1.29, 1.82) is 0 Å². The number of hydrogen-bond acceptors (Lipinski definition) is 5. The van der Waals surface area contributed by atoms with Gasteiger partial charge in [0.2, 0.25) is 0 Å². The Labute approximate surface area is 106 Å². The van der Waals surface area contributed by atoms with Crippen LogP contribution >= 0.6 is 0 Å². The molecule has 3 rings (SSSR count). The highest BCUT2D eigenvalue weighted by molar-refractivity contribution is 5.01. The zero-order valence-electron chi connectivity index (χ0n) is 10.6. The third kappa shape index (κ3) is 1.95. The second-order valence-electron chi connectivity index (χ2n) is 5.21. The lowest BCUT2D eigenvalue weighted by Crippen LogP contribution is -2.58. The molecule has 0 amide bonds. The molecule has 5 atom stereocenters. The Morgan fingerprint density at radius 2 is 2.33 bits per heavy atom. The number of aromatic nitrogens is 2. The summed E-state index contributed by atoms with van der Waals surface area (Å²) >= 11 is 0. The van der Waals surface area contributed by atoms with Crippen molar-refractivity contribution < 1.29 is 14.6 Å². The fraction of sp³-hybridized carbons (Fsp3) is 0.750. The predicted molar refractivity (Wildman–Crippen MR) is 63.9 cm³/mol. The van der Waals surface area contributed by atoms with Crippen LogP contribution in [0.25, 0.3) is 0 Å². The van der Waals surface area contributed by atoms with Crippen LogP contribution in [0.4, 0.5) is 0 Å². The monoisotopic (exact) mass is 253 g/mol. The number of fused-ring (bicyclic) bond motifs is 2. The van der Waals surface area contributed by atoms with Gasteiger partial charge in [-0.15, -0.1) is 0 Å². The van der Waals surface area contributed by atoms with Crippen molar-refractivity contribution in [3.8, 4) is 0 Å². The van der Waals surface area contributed by atoms with Crippen molar-refractivity contribution in [2.75, 3.05) is 6.61 Å². The van der Waals surface area contributed by atoms with Crippen LogP contribution in [-0.2, 0) is 9.47 Å². The Bertz CT molecular complexity index is 395. The highest BCUT2D eigenvalue weighted by Crippen LogP contribution is 2.35. The molecule has 3 heterocycles. The van der Waals surface area contributed by atoms with Gasteiger partial charge in [-0.2, -0.15) is 0 Å². The smallest absolute Gasteiger partial charge is 0.181 e. The Morgan fingerprint density at radius 1 is 1.50 bits per heavy atom. The fourth-order valence-electron chi connectivity index (χ4n) is 2.75. The standard InChI is InChI=1S/C12H19N3O3/c1-7(2)14-9-8-5-17-12(18-8)10(11(9)16)15-4-3-13-6-15/h3-4,6-12,14,16H,5H2,1-2H3. The summed E-state index contributed by atoms with van der Waals surface area (Å²) in [5.41, 5.74) is 0. The summed E-state index contributed by atoms with van der Waals surface area (Å²) in [5, 5.41) is 13.9. The van der Waals surface area contributed by atoms with Crippen molar-refractivity contribution in [1.82, 2.24) is 14.9 Å². The molecule has 100 valence electrons. The van der Waals surface area contributed by atoms with Crippen LogP contribution in [0.15, 0.2) is 18.7 Å². The van der Waals surface area contributed by atoms with E-state index in [-0.39, 0.29) is 30.5 Å². The molecule has 0 radical (unpaired) electrons. The van der Waals surface area contributed by atoms with E-state index in [0.29, 0.717) is 6.61 Å². The molecule has 6 heteroatoms. The van der Waals surface area contributed by atoms with Crippen LogP contribution in [0.5, 0.6) is 0 Å². The Balaban J connectivity index is 1.86. The minimum absolute atomic E-state index is 0.0767. The van der Waals surface area contributed by atoms with Crippen molar-refractivity contribution >= 4 is 0 Å². The number of aliphatic hydroxyl groups excluding tert-OH is 1. The van der Waals surface area contributed by atoms with Gasteiger partial charge in [0.1, 0.15) is 12.1 Å². The molecule has 5 unspecified atom stereocenters. The first-order chi connectivity index (χ1) is 8.66. The lowest BCUT2D eigenvalue weighted by molar-refractivity contribution is -0.166. The van der Waals surface area contributed by atoms with Crippen LogP contribution in [0, 0.1) is 0 Å². The molecule has 2 N–H and O–H groups in total. The van der Waals surface area contributed by atoms with E-state index < -0.39 is 6.10 Å². The van der Waals surface area contributed by atoms with Crippen LogP contribution < -0.4 is 5.32 Å². The van der Waals surface area contributed by atoms with Gasteiger partial charge in [-0.25, -0.2) is 4.98 Å². The van der Waals surface area contributed by atoms with Crippen LogP contribution in [0.3, 0.4) is 0 Å². The molecule has 2 fully saturated rings. The van der Waals surface area contributed by atoms with E-state index in [1.165, 1.54) is 0 Å². The molecule has 0 aromatic carbocycles. The van der Waals surface area contributed by atoms with Gasteiger partial charge in [0, 0.05) is 18.4 Å². The van der Waals surface area contributed by atoms with Crippen LogP contribution in [0.2, 0.25) is 0 Å². The van der Waals surface area contributed by atoms with Gasteiger partial charge in [-0.05, 0) is 0 Å². The lowest BCUT2D eigenvalue weighted by Gasteiger charge is -2.40. The van der Waals surface area contributed by atoms with Gasteiger partial charge in [0.05, 0.1) is 25.1 Å². The quantitative estimate of drug-likeness (QED) is 0.788. The molecule has 1 aromatic rings. The molecule has 18 heavy (non-hydrogen) atoms. The second-order valence-corrected chi connectivity index (χ2v) is 5.21. The molecular formula is C12H19N3O3. The number of rotatable bonds is 3. The topological polar surface area (TPSA) is 68.5 Å². The van der Waals surface area contributed by atoms with Gasteiger partial charge in [-0.1, -0.05) is 13.8 Å². The average Bonchev–Trinajstić information content (AvgIpc) is 2.95. The first-order valence-electron chi connectivity index (χ1n) is 6.35. The zero-order valence-corrected chi connectivity index (χ0v) is 10.6. The molecule has 2 aliphatic heterocycles. The average molecular weight is 253 g/mol. The summed E-state index contributed by atoms with van der Waals surface area (Å²) in [4.78, 5) is 4.02. The van der Waals surface area contributed by atoms with E-state index >= 15 is 0 Å². The number of nitrogens with zero attached hydrogens (tertiary/aromatic N) is 2. The number of ether oxygens (including phenoxy) is 2. The minimum Gasteiger partial charge on any atom is -0.389 e. The maximum atomic E-state index is 10.6. The van der Waals surface area contributed by atoms with E-state index in [9.17, 15) is 5.11 Å². The van der Waals surface area contributed by atoms with Crippen molar-refractivity contribution in [3.05, 3.63) is 18.7 Å². The van der Waals surface area contributed by atoms with E-state index in [1.807, 2.05) is 10.8 Å². The van der Waals surface area contributed by atoms with E-state index in [2.05, 4.69) is 24.1 Å². The summed E-state index contributed by atoms with van der Waals surface area (Å²) < 4.78 is 13.3. The largest absolute Gasteiger partial charge is 0.389 e. The number of nitrogens with one attached hydrogen (secondary N) is 1. The Kier molecular flexibility index (Phi) is 3.11. The van der Waals surface area contributed by atoms with Gasteiger partial charge in [0.15, 0.2) is 6.29 Å². The third-order valence-electron chi connectivity index (χ3n) is 3.53. The molecule has 6 nitrogen and oxygen atoms in total. The van der Waals surface area contributed by atoms with Crippen molar-refractivity contribution in [3.63, 3.8) is 0 Å². The zero-order chi connectivity index (χ0) is 12.7. The number of aliphatic hydroxyl groups is 1. The van der Waals surface area contributed by atoms with Crippen molar-refractivity contribution in [2.45, 2.75) is 50.5 Å². The number of imidazole rings is 1. The summed E-state index contributed by atoms with van der Waals surface area (Å²) in [6.07, 6.45) is 4.19. The van der Waals surface area contributed by atoms with Gasteiger partial charge < -0.3 is 24.5 Å². The van der Waals surface area contributed by atoms with Crippen molar-refractivity contribution in [2.24, 2.45) is 0 Å². The molecule has 0 saturated carbocycles. The first-order valence-corrected chi connectivity index (χ1v) is 6.35. The molecule has 2 bridgehead atoms. The maximum Gasteiger partial charge on any atom is 0.181 e. The molecule has 1 aromatic heterocycles. The van der Waals surface area contributed by atoms with E-state index in [4.69, 9.17) is 9.47 Å². The normalized spacial score (nSPS) is 39.4. The van der Waals surface area contributed by atoms with Gasteiger partial charge in [0.25, 0.3) is 0 Å². The molecule has 0 aliphatic carbocycles. The SMILES string of the molecule is CC(C)NC1C2COC(O2)C(n2ccnc2)C1O. The lowest BCUT2D eigenvalue weighted by atomic mass is 9.95. The van der Waals surface area contributed by atoms with Crippen LogP contribution in [-0.4, -0.2) is 51.8 Å². The Morgan fingerprint density at radius 3 is 3.00 bits per heavy atom. The highest BCUT2D eigenvalue weighted by atomic mass is 16.7. The summed E-state index contributed by atoms with van der Waals surface area (Å²) in [5.74, 6) is 0. The first kappa shape index (κ1) is 12.1. The van der Waals surface area contributed by atoms with E-state index in [0.717, 1.165) is 0 Å². The molecule has 2 saturated heterocycles. The third-order valence-corrected chi connectivity index (χ3v) is 3.53. The molecule has 2 aliphatic rings. The Hall–Kier alpha value is -0.950.